The Hall–Kier alpha value is -1.49. The van der Waals surface area contributed by atoms with Crippen LogP contribution in [0.25, 0.3) is 0 Å². The molecule has 0 saturated carbocycles. The fourth-order valence-electron chi connectivity index (χ4n) is 1.83. The van der Waals surface area contributed by atoms with E-state index in [0.717, 1.165) is 10.0 Å². The third kappa shape index (κ3) is 2.51. The van der Waals surface area contributed by atoms with Gasteiger partial charge in [0, 0.05) is 28.6 Å². The molecule has 0 amide bonds. The lowest BCUT2D eigenvalue weighted by Gasteiger charge is -2.06. The van der Waals surface area contributed by atoms with Gasteiger partial charge in [0.1, 0.15) is 0 Å². The fourth-order valence-corrected chi connectivity index (χ4v) is 2.08. The molecule has 0 aliphatic heterocycles. The number of hydrogen-bond acceptors (Lipinski definition) is 2. The molecule has 0 fully saturated rings. The molecule has 4 nitrogen and oxygen atoms in total. The molecule has 18 heavy (non-hydrogen) atoms. The molecular formula is C13H16BrN3O. The second-order valence-corrected chi connectivity index (χ2v) is 5.42. The van der Waals surface area contributed by atoms with Crippen molar-refractivity contribution < 1.29 is 0 Å². The highest BCUT2D eigenvalue weighted by atomic mass is 79.9. The number of hydrogen-bond donors (Lipinski definition) is 1. The number of anilines is 1. The van der Waals surface area contributed by atoms with E-state index in [0.29, 0.717) is 12.2 Å². The number of imidazole rings is 1. The van der Waals surface area contributed by atoms with E-state index in [1.54, 1.807) is 15.3 Å². The first-order chi connectivity index (χ1) is 8.49. The molecule has 0 atom stereocenters. The van der Waals surface area contributed by atoms with Crippen LogP contribution in [0.3, 0.4) is 0 Å². The lowest BCUT2D eigenvalue weighted by molar-refractivity contribution is 0.561. The summed E-state index contributed by atoms with van der Waals surface area (Å²) in [6.07, 6.45) is 3.62. The summed E-state index contributed by atoms with van der Waals surface area (Å²) in [7, 11) is 0. The molecule has 2 aromatic rings. The Morgan fingerprint density at radius 3 is 2.61 bits per heavy atom. The zero-order valence-electron chi connectivity index (χ0n) is 10.4. The van der Waals surface area contributed by atoms with E-state index in [-0.39, 0.29) is 11.7 Å². The third-order valence-corrected chi connectivity index (χ3v) is 3.57. The van der Waals surface area contributed by atoms with Gasteiger partial charge in [0.05, 0.1) is 6.54 Å². The lowest BCUT2D eigenvalue weighted by atomic mass is 10.2. The number of nitrogens with two attached hydrogens (primary N) is 1. The van der Waals surface area contributed by atoms with Crippen LogP contribution in [-0.4, -0.2) is 9.13 Å². The van der Waals surface area contributed by atoms with Crippen LogP contribution in [0.4, 0.5) is 5.69 Å². The summed E-state index contributed by atoms with van der Waals surface area (Å²) in [6.45, 7) is 4.52. The summed E-state index contributed by atoms with van der Waals surface area (Å²) in [4.78, 5) is 12.1. The summed E-state index contributed by atoms with van der Waals surface area (Å²) in [5.74, 6) is 0. The van der Waals surface area contributed by atoms with Gasteiger partial charge in [0.2, 0.25) is 0 Å². The Bertz CT molecular complexity index is 613. The van der Waals surface area contributed by atoms with Crippen LogP contribution in [0.5, 0.6) is 0 Å². The molecule has 1 aromatic heterocycles. The summed E-state index contributed by atoms with van der Waals surface area (Å²) in [5.41, 5.74) is 7.53. The quantitative estimate of drug-likeness (QED) is 0.886. The molecule has 2 rings (SSSR count). The monoisotopic (exact) mass is 309 g/mol. The SMILES string of the molecule is CC(C)n1ccn(Cc2ccc(Br)c(N)c2)c1=O. The van der Waals surface area contributed by atoms with Crippen LogP contribution in [0, 0.1) is 0 Å². The highest BCUT2D eigenvalue weighted by Crippen LogP contribution is 2.20. The first kappa shape index (κ1) is 13.0. The van der Waals surface area contributed by atoms with Crippen molar-refractivity contribution in [2.75, 3.05) is 5.73 Å². The van der Waals surface area contributed by atoms with E-state index in [9.17, 15) is 4.79 Å². The first-order valence-corrected chi connectivity index (χ1v) is 6.59. The molecule has 0 aliphatic rings. The average molecular weight is 310 g/mol. The second kappa shape index (κ2) is 5.02. The highest BCUT2D eigenvalue weighted by molar-refractivity contribution is 9.10. The second-order valence-electron chi connectivity index (χ2n) is 4.57. The van der Waals surface area contributed by atoms with E-state index in [1.165, 1.54) is 0 Å². The van der Waals surface area contributed by atoms with E-state index in [1.807, 2.05) is 38.2 Å². The van der Waals surface area contributed by atoms with Crippen molar-refractivity contribution in [1.29, 1.82) is 0 Å². The standard InChI is InChI=1S/C13H16BrN3O/c1-9(2)17-6-5-16(13(17)18)8-10-3-4-11(14)12(15)7-10/h3-7,9H,8,15H2,1-2H3. The Morgan fingerprint density at radius 1 is 1.33 bits per heavy atom. The maximum absolute atomic E-state index is 12.1. The van der Waals surface area contributed by atoms with Gasteiger partial charge in [-0.3, -0.25) is 9.13 Å². The van der Waals surface area contributed by atoms with Crippen molar-refractivity contribution in [1.82, 2.24) is 9.13 Å². The van der Waals surface area contributed by atoms with Crippen molar-refractivity contribution in [3.63, 3.8) is 0 Å². The maximum atomic E-state index is 12.1. The minimum atomic E-state index is 0.00601. The Labute approximate surface area is 114 Å². The minimum absolute atomic E-state index is 0.00601. The smallest absolute Gasteiger partial charge is 0.328 e. The van der Waals surface area contributed by atoms with Gasteiger partial charge in [-0.1, -0.05) is 6.07 Å². The molecule has 1 heterocycles. The van der Waals surface area contributed by atoms with Crippen LogP contribution in [-0.2, 0) is 6.54 Å². The summed E-state index contributed by atoms with van der Waals surface area (Å²) < 4.78 is 4.27. The van der Waals surface area contributed by atoms with Gasteiger partial charge >= 0.3 is 5.69 Å². The average Bonchev–Trinajstić information content (AvgIpc) is 2.66. The van der Waals surface area contributed by atoms with Crippen molar-refractivity contribution in [2.45, 2.75) is 26.4 Å². The van der Waals surface area contributed by atoms with Gasteiger partial charge in [-0.25, -0.2) is 4.79 Å². The van der Waals surface area contributed by atoms with Gasteiger partial charge in [0.15, 0.2) is 0 Å². The molecule has 2 N–H and O–H groups in total. The summed E-state index contributed by atoms with van der Waals surface area (Å²) >= 11 is 3.35. The van der Waals surface area contributed by atoms with E-state index < -0.39 is 0 Å². The highest BCUT2D eigenvalue weighted by Gasteiger charge is 2.07. The van der Waals surface area contributed by atoms with Gasteiger partial charge < -0.3 is 5.73 Å². The molecule has 0 saturated heterocycles. The number of rotatable bonds is 3. The molecule has 0 aliphatic carbocycles. The molecule has 1 aromatic carbocycles. The number of aromatic nitrogens is 2. The Morgan fingerprint density at radius 2 is 2.06 bits per heavy atom. The van der Waals surface area contributed by atoms with Crippen molar-refractivity contribution >= 4 is 21.6 Å². The summed E-state index contributed by atoms with van der Waals surface area (Å²) in [6, 6.07) is 5.91. The zero-order valence-corrected chi connectivity index (χ0v) is 12.0. The van der Waals surface area contributed by atoms with Crippen LogP contribution in [0.2, 0.25) is 0 Å². The van der Waals surface area contributed by atoms with Gasteiger partial charge in [0.25, 0.3) is 0 Å². The van der Waals surface area contributed by atoms with E-state index in [2.05, 4.69) is 15.9 Å². The van der Waals surface area contributed by atoms with E-state index >= 15 is 0 Å². The molecule has 0 bridgehead atoms. The predicted octanol–water partition coefficient (Wildman–Crippen LogP) is 2.62. The zero-order chi connectivity index (χ0) is 13.3. The van der Waals surface area contributed by atoms with Crippen LogP contribution < -0.4 is 11.4 Å². The molecule has 0 spiro atoms. The molecular weight excluding hydrogens is 294 g/mol. The third-order valence-electron chi connectivity index (χ3n) is 2.84. The van der Waals surface area contributed by atoms with Crippen molar-refractivity contribution in [3.8, 4) is 0 Å². The number of nitrogen functional groups attached to an aromatic ring is 1. The molecule has 96 valence electrons. The Balaban J connectivity index is 2.29. The Kier molecular flexibility index (Phi) is 3.61. The van der Waals surface area contributed by atoms with Gasteiger partial charge in [-0.15, -0.1) is 0 Å². The largest absolute Gasteiger partial charge is 0.398 e. The lowest BCUT2D eigenvalue weighted by Crippen LogP contribution is -2.25. The first-order valence-electron chi connectivity index (χ1n) is 5.80. The molecule has 5 heteroatoms. The van der Waals surface area contributed by atoms with Gasteiger partial charge in [-0.2, -0.15) is 0 Å². The van der Waals surface area contributed by atoms with Crippen LogP contribution in [0.15, 0.2) is 39.9 Å². The van der Waals surface area contributed by atoms with Crippen molar-refractivity contribution in [2.24, 2.45) is 0 Å². The van der Waals surface area contributed by atoms with Crippen LogP contribution >= 0.6 is 15.9 Å². The number of halogens is 1. The van der Waals surface area contributed by atoms with Crippen LogP contribution in [0.1, 0.15) is 25.5 Å². The van der Waals surface area contributed by atoms with Gasteiger partial charge in [-0.05, 0) is 47.5 Å². The molecule has 0 radical (unpaired) electrons. The number of nitrogens with zero attached hydrogens (tertiary/aromatic N) is 2. The number of benzene rings is 1. The summed E-state index contributed by atoms with van der Waals surface area (Å²) in [5, 5.41) is 0. The topological polar surface area (TPSA) is 52.9 Å². The van der Waals surface area contributed by atoms with E-state index in [4.69, 9.17) is 5.73 Å². The minimum Gasteiger partial charge on any atom is -0.398 e. The normalized spacial score (nSPS) is 11.1. The van der Waals surface area contributed by atoms with Crippen molar-refractivity contribution in [3.05, 3.63) is 51.1 Å². The molecule has 0 unspecified atom stereocenters. The predicted molar refractivity (Wildman–Crippen MR) is 76.7 cm³/mol. The fraction of sp³-hybridized carbons (Fsp3) is 0.308. The maximum Gasteiger partial charge on any atom is 0.328 e.